The van der Waals surface area contributed by atoms with Crippen molar-refractivity contribution in [3.63, 3.8) is 0 Å². The summed E-state index contributed by atoms with van der Waals surface area (Å²) in [6, 6.07) is 2.66. The number of benzene rings is 1. The molecule has 0 atom stereocenters. The van der Waals surface area contributed by atoms with Gasteiger partial charge in [0.1, 0.15) is 0 Å². The Morgan fingerprint density at radius 2 is 2.36 bits per heavy atom. The number of carbonyl (C=O) groups excluding carboxylic acids is 1. The smallest absolute Gasteiger partial charge is 0.308 e. The quantitative estimate of drug-likeness (QED) is 0.554. The second-order valence-corrected chi connectivity index (χ2v) is 2.83. The molecule has 0 unspecified atom stereocenters. The standard InChI is InChI=1S/C9H7FN2O2/c1-5(13)14-9-2-6-4-11-12-8(6)3-7(9)10/h2-4H,1H3,(H,11,12). The number of hydrogen-bond donors (Lipinski definition) is 1. The molecule has 0 saturated heterocycles. The topological polar surface area (TPSA) is 55.0 Å². The molecule has 1 aromatic carbocycles. The summed E-state index contributed by atoms with van der Waals surface area (Å²) in [7, 11) is 0. The Morgan fingerprint density at radius 1 is 1.57 bits per heavy atom. The third kappa shape index (κ3) is 1.44. The van der Waals surface area contributed by atoms with Crippen molar-refractivity contribution in [1.82, 2.24) is 10.2 Å². The lowest BCUT2D eigenvalue weighted by Crippen LogP contribution is -2.02. The number of ether oxygens (including phenoxy) is 1. The molecule has 1 aromatic heterocycles. The normalized spacial score (nSPS) is 10.4. The monoisotopic (exact) mass is 194 g/mol. The van der Waals surface area contributed by atoms with Gasteiger partial charge >= 0.3 is 5.97 Å². The molecule has 4 nitrogen and oxygen atoms in total. The zero-order valence-electron chi connectivity index (χ0n) is 7.37. The average molecular weight is 194 g/mol. The van der Waals surface area contributed by atoms with Gasteiger partial charge in [0.15, 0.2) is 11.6 Å². The third-order valence-corrected chi connectivity index (χ3v) is 1.75. The van der Waals surface area contributed by atoms with Crippen LogP contribution >= 0.6 is 0 Å². The number of aromatic amines is 1. The van der Waals surface area contributed by atoms with Crippen LogP contribution in [0.1, 0.15) is 6.92 Å². The van der Waals surface area contributed by atoms with E-state index in [1.165, 1.54) is 25.3 Å². The maximum absolute atomic E-state index is 13.2. The summed E-state index contributed by atoms with van der Waals surface area (Å²) in [5, 5.41) is 7.04. The Hall–Kier alpha value is -1.91. The molecule has 0 aliphatic heterocycles. The summed E-state index contributed by atoms with van der Waals surface area (Å²) in [5.41, 5.74) is 0.568. The van der Waals surface area contributed by atoms with Crippen molar-refractivity contribution in [1.29, 1.82) is 0 Å². The van der Waals surface area contributed by atoms with E-state index in [9.17, 15) is 9.18 Å². The summed E-state index contributed by atoms with van der Waals surface area (Å²) >= 11 is 0. The molecule has 2 aromatic rings. The zero-order chi connectivity index (χ0) is 10.1. The Labute approximate surface area is 78.7 Å². The van der Waals surface area contributed by atoms with Crippen LogP contribution in [0.15, 0.2) is 18.3 Å². The van der Waals surface area contributed by atoms with Gasteiger partial charge in [-0.2, -0.15) is 5.10 Å². The first-order valence-electron chi connectivity index (χ1n) is 3.98. The van der Waals surface area contributed by atoms with Gasteiger partial charge < -0.3 is 4.74 Å². The van der Waals surface area contributed by atoms with Gasteiger partial charge in [-0.3, -0.25) is 9.89 Å². The molecule has 0 radical (unpaired) electrons. The van der Waals surface area contributed by atoms with E-state index in [1.807, 2.05) is 0 Å². The van der Waals surface area contributed by atoms with Crippen LogP contribution in [-0.2, 0) is 4.79 Å². The fourth-order valence-corrected chi connectivity index (χ4v) is 1.18. The van der Waals surface area contributed by atoms with Crippen LogP contribution in [0.4, 0.5) is 4.39 Å². The van der Waals surface area contributed by atoms with Gasteiger partial charge in [-0.1, -0.05) is 0 Å². The van der Waals surface area contributed by atoms with Crippen molar-refractivity contribution in [2.75, 3.05) is 0 Å². The second-order valence-electron chi connectivity index (χ2n) is 2.83. The van der Waals surface area contributed by atoms with Gasteiger partial charge in [0, 0.05) is 18.4 Å². The lowest BCUT2D eigenvalue weighted by atomic mass is 10.2. The van der Waals surface area contributed by atoms with Crippen molar-refractivity contribution >= 4 is 16.9 Å². The lowest BCUT2D eigenvalue weighted by molar-refractivity contribution is -0.132. The summed E-state index contributed by atoms with van der Waals surface area (Å²) in [6.45, 7) is 1.22. The number of rotatable bonds is 1. The van der Waals surface area contributed by atoms with Gasteiger partial charge in [-0.05, 0) is 6.07 Å². The van der Waals surface area contributed by atoms with Crippen molar-refractivity contribution in [3.8, 4) is 5.75 Å². The van der Waals surface area contributed by atoms with E-state index >= 15 is 0 Å². The number of nitrogens with one attached hydrogen (secondary N) is 1. The number of nitrogens with zero attached hydrogens (tertiary/aromatic N) is 1. The fourth-order valence-electron chi connectivity index (χ4n) is 1.18. The molecule has 2 rings (SSSR count). The van der Waals surface area contributed by atoms with Crippen LogP contribution in [0.25, 0.3) is 10.9 Å². The molecule has 14 heavy (non-hydrogen) atoms. The number of esters is 1. The van der Waals surface area contributed by atoms with E-state index in [2.05, 4.69) is 14.9 Å². The molecule has 72 valence electrons. The summed E-state index contributed by atoms with van der Waals surface area (Å²) in [6.07, 6.45) is 1.53. The Morgan fingerprint density at radius 3 is 3.07 bits per heavy atom. The molecule has 0 aliphatic rings. The maximum atomic E-state index is 13.2. The number of halogens is 1. The van der Waals surface area contributed by atoms with Crippen LogP contribution < -0.4 is 4.74 Å². The predicted molar refractivity (Wildman–Crippen MR) is 47.4 cm³/mol. The first kappa shape index (κ1) is 8.68. The fraction of sp³-hybridized carbons (Fsp3) is 0.111. The van der Waals surface area contributed by atoms with Gasteiger partial charge in [0.25, 0.3) is 0 Å². The SMILES string of the molecule is CC(=O)Oc1cc2cn[nH]c2cc1F. The molecule has 1 heterocycles. The van der Waals surface area contributed by atoms with Gasteiger partial charge in [0.05, 0.1) is 11.7 Å². The highest BCUT2D eigenvalue weighted by atomic mass is 19.1. The largest absolute Gasteiger partial charge is 0.424 e. The molecule has 1 N–H and O–H groups in total. The minimum atomic E-state index is -0.586. The highest BCUT2D eigenvalue weighted by Crippen LogP contribution is 2.23. The molecule has 0 bridgehead atoms. The third-order valence-electron chi connectivity index (χ3n) is 1.75. The zero-order valence-corrected chi connectivity index (χ0v) is 7.37. The van der Waals surface area contributed by atoms with E-state index < -0.39 is 11.8 Å². The van der Waals surface area contributed by atoms with Crippen LogP contribution in [0.5, 0.6) is 5.75 Å². The molecule has 0 aliphatic carbocycles. The first-order valence-corrected chi connectivity index (χ1v) is 3.98. The maximum Gasteiger partial charge on any atom is 0.308 e. The van der Waals surface area contributed by atoms with E-state index in [0.29, 0.717) is 10.9 Å². The van der Waals surface area contributed by atoms with Crippen molar-refractivity contribution in [2.45, 2.75) is 6.92 Å². The summed E-state index contributed by atoms with van der Waals surface area (Å²) in [5.74, 6) is -1.21. The number of carbonyl (C=O) groups is 1. The predicted octanol–water partition coefficient (Wildman–Crippen LogP) is 1.63. The molecule has 5 heteroatoms. The molecule has 0 fully saturated rings. The Balaban J connectivity index is 2.53. The Kier molecular flexibility index (Phi) is 1.92. The van der Waals surface area contributed by atoms with Crippen molar-refractivity contribution in [3.05, 3.63) is 24.1 Å². The average Bonchev–Trinajstić information content (AvgIpc) is 2.51. The Bertz CT molecular complexity index is 493. The van der Waals surface area contributed by atoms with Crippen LogP contribution in [0, 0.1) is 5.82 Å². The highest BCUT2D eigenvalue weighted by molar-refractivity contribution is 5.81. The van der Waals surface area contributed by atoms with E-state index in [-0.39, 0.29) is 5.75 Å². The summed E-state index contributed by atoms with van der Waals surface area (Å²) in [4.78, 5) is 10.6. The molecular weight excluding hydrogens is 187 g/mol. The second kappa shape index (κ2) is 3.10. The minimum Gasteiger partial charge on any atom is -0.424 e. The molecular formula is C9H7FN2O2. The first-order chi connectivity index (χ1) is 6.66. The molecule has 0 amide bonds. The van der Waals surface area contributed by atoms with E-state index in [1.54, 1.807) is 0 Å². The van der Waals surface area contributed by atoms with Gasteiger partial charge in [0.2, 0.25) is 0 Å². The number of aromatic nitrogens is 2. The van der Waals surface area contributed by atoms with Crippen LogP contribution in [0.2, 0.25) is 0 Å². The summed E-state index contributed by atoms with van der Waals surface area (Å²) < 4.78 is 17.9. The van der Waals surface area contributed by atoms with Gasteiger partial charge in [-0.25, -0.2) is 4.39 Å². The molecule has 0 saturated carbocycles. The number of H-pyrrole nitrogens is 1. The number of fused-ring (bicyclic) bond motifs is 1. The number of hydrogen-bond acceptors (Lipinski definition) is 3. The van der Waals surface area contributed by atoms with E-state index in [0.717, 1.165) is 0 Å². The van der Waals surface area contributed by atoms with Crippen molar-refractivity contribution in [2.24, 2.45) is 0 Å². The highest BCUT2D eigenvalue weighted by Gasteiger charge is 2.08. The van der Waals surface area contributed by atoms with Crippen LogP contribution in [0.3, 0.4) is 0 Å². The van der Waals surface area contributed by atoms with Gasteiger partial charge in [-0.15, -0.1) is 0 Å². The molecule has 0 spiro atoms. The van der Waals surface area contributed by atoms with E-state index in [4.69, 9.17) is 0 Å². The minimum absolute atomic E-state index is 0.0774. The lowest BCUT2D eigenvalue weighted by Gasteiger charge is -2.01. The van der Waals surface area contributed by atoms with Crippen LogP contribution in [-0.4, -0.2) is 16.2 Å². The van der Waals surface area contributed by atoms with Crippen molar-refractivity contribution < 1.29 is 13.9 Å².